The van der Waals surface area contributed by atoms with E-state index in [1.54, 1.807) is 25.3 Å². The Kier molecular flexibility index (Phi) is 5.67. The summed E-state index contributed by atoms with van der Waals surface area (Å²) in [5, 5.41) is 46.1. The van der Waals surface area contributed by atoms with Crippen LogP contribution in [0.5, 0.6) is 5.75 Å². The molecule has 2 aromatic heterocycles. The lowest BCUT2D eigenvalue weighted by Crippen LogP contribution is -2.03. The highest BCUT2D eigenvalue weighted by molar-refractivity contribution is 7.98. The minimum atomic E-state index is -0.727. The van der Waals surface area contributed by atoms with E-state index in [0.717, 1.165) is 18.2 Å². The van der Waals surface area contributed by atoms with Crippen LogP contribution in [0.15, 0.2) is 47.6 Å². The van der Waals surface area contributed by atoms with Crippen molar-refractivity contribution in [2.24, 2.45) is 0 Å². The van der Waals surface area contributed by atoms with Crippen LogP contribution in [0.25, 0.3) is 17.1 Å². The van der Waals surface area contributed by atoms with E-state index in [1.807, 2.05) is 6.07 Å². The monoisotopic (exact) mass is 456 g/mol. The topological polar surface area (TPSA) is 183 Å². The highest BCUT2D eigenvalue weighted by Gasteiger charge is 2.20. The summed E-state index contributed by atoms with van der Waals surface area (Å²) in [5.74, 6) is 0.807. The lowest BCUT2D eigenvalue weighted by Gasteiger charge is -2.05. The first-order valence-corrected chi connectivity index (χ1v) is 9.71. The number of methoxy groups -OCH3 is 1. The molecule has 0 fully saturated rings. The standard InChI is InChI=1S/C16H12N10O5S/c1-31-14-4-2-3-11(8-14)24-16(18-20-22-24)32-9-23-19-15(17-21-23)10-5-12(25(27)28)7-13(6-10)26(29)30/h2-8H,9H2,1H3. The largest absolute Gasteiger partial charge is 0.497 e. The molecule has 4 aromatic rings. The normalized spacial score (nSPS) is 10.8. The molecule has 32 heavy (non-hydrogen) atoms. The smallest absolute Gasteiger partial charge is 0.277 e. The Morgan fingerprint density at radius 1 is 1.03 bits per heavy atom. The summed E-state index contributed by atoms with van der Waals surface area (Å²) < 4.78 is 6.72. The highest BCUT2D eigenvalue weighted by atomic mass is 32.2. The molecular weight excluding hydrogens is 444 g/mol. The Morgan fingerprint density at radius 3 is 2.47 bits per heavy atom. The molecule has 0 aliphatic carbocycles. The minimum absolute atomic E-state index is 0.00443. The molecule has 0 unspecified atom stereocenters. The number of tetrazole rings is 2. The maximum absolute atomic E-state index is 11.1. The first-order valence-electron chi connectivity index (χ1n) is 8.72. The lowest BCUT2D eigenvalue weighted by molar-refractivity contribution is -0.394. The summed E-state index contributed by atoms with van der Waals surface area (Å²) in [7, 11) is 1.55. The van der Waals surface area contributed by atoms with Crippen molar-refractivity contribution in [2.45, 2.75) is 11.0 Å². The fourth-order valence-corrected chi connectivity index (χ4v) is 3.34. The van der Waals surface area contributed by atoms with Gasteiger partial charge in [-0.2, -0.15) is 9.48 Å². The Bertz CT molecular complexity index is 1270. The van der Waals surface area contributed by atoms with Crippen LogP contribution in [-0.4, -0.2) is 57.4 Å². The van der Waals surface area contributed by atoms with Crippen LogP contribution < -0.4 is 4.74 Å². The van der Waals surface area contributed by atoms with Gasteiger partial charge in [-0.3, -0.25) is 20.2 Å². The molecule has 16 heteroatoms. The van der Waals surface area contributed by atoms with Gasteiger partial charge in [-0.25, -0.2) is 0 Å². The molecule has 162 valence electrons. The van der Waals surface area contributed by atoms with Gasteiger partial charge in [0.05, 0.1) is 28.7 Å². The Hall–Kier alpha value is -4.47. The predicted molar refractivity (Wildman–Crippen MR) is 108 cm³/mol. The molecule has 2 aromatic carbocycles. The van der Waals surface area contributed by atoms with Gasteiger partial charge >= 0.3 is 0 Å². The second-order valence-electron chi connectivity index (χ2n) is 6.09. The molecule has 4 rings (SSSR count). The van der Waals surface area contributed by atoms with Crippen molar-refractivity contribution in [2.75, 3.05) is 7.11 Å². The van der Waals surface area contributed by atoms with E-state index in [1.165, 1.54) is 21.2 Å². The molecule has 0 saturated carbocycles. The maximum Gasteiger partial charge on any atom is 0.277 e. The van der Waals surface area contributed by atoms with Crippen LogP contribution >= 0.6 is 11.8 Å². The van der Waals surface area contributed by atoms with Crippen molar-refractivity contribution in [1.29, 1.82) is 0 Å². The zero-order valence-electron chi connectivity index (χ0n) is 16.2. The first-order chi connectivity index (χ1) is 15.4. The molecule has 0 saturated heterocycles. The molecule has 0 aliphatic rings. The van der Waals surface area contributed by atoms with Gasteiger partial charge in [0.2, 0.25) is 11.0 Å². The van der Waals surface area contributed by atoms with Gasteiger partial charge in [0.25, 0.3) is 11.4 Å². The van der Waals surface area contributed by atoms with Gasteiger partial charge in [0, 0.05) is 23.8 Å². The van der Waals surface area contributed by atoms with Crippen LogP contribution in [0.4, 0.5) is 11.4 Å². The van der Waals surface area contributed by atoms with E-state index in [4.69, 9.17) is 4.74 Å². The third-order valence-corrected chi connectivity index (χ3v) is 4.96. The van der Waals surface area contributed by atoms with Gasteiger partial charge in [0.1, 0.15) is 11.6 Å². The van der Waals surface area contributed by atoms with Crippen molar-refractivity contribution in [1.82, 2.24) is 40.4 Å². The van der Waals surface area contributed by atoms with E-state index in [2.05, 4.69) is 30.9 Å². The molecule has 15 nitrogen and oxygen atoms in total. The minimum Gasteiger partial charge on any atom is -0.497 e. The second kappa shape index (κ2) is 8.72. The van der Waals surface area contributed by atoms with E-state index < -0.39 is 21.2 Å². The number of hydrogen-bond donors (Lipinski definition) is 0. The lowest BCUT2D eigenvalue weighted by atomic mass is 10.1. The number of nitrogens with zero attached hydrogens (tertiary/aromatic N) is 10. The van der Waals surface area contributed by atoms with E-state index >= 15 is 0 Å². The number of hydrogen-bond acceptors (Lipinski definition) is 12. The van der Waals surface area contributed by atoms with Crippen molar-refractivity contribution in [3.05, 3.63) is 62.7 Å². The van der Waals surface area contributed by atoms with E-state index in [0.29, 0.717) is 16.6 Å². The molecule has 0 amide bonds. The van der Waals surface area contributed by atoms with Gasteiger partial charge in [-0.1, -0.05) is 17.8 Å². The number of thioether (sulfide) groups is 1. The highest BCUT2D eigenvalue weighted by Crippen LogP contribution is 2.28. The number of non-ortho nitro benzene ring substituents is 2. The summed E-state index contributed by atoms with van der Waals surface area (Å²) in [6.45, 7) is 0. The van der Waals surface area contributed by atoms with Crippen LogP contribution in [0.3, 0.4) is 0 Å². The zero-order chi connectivity index (χ0) is 22.7. The van der Waals surface area contributed by atoms with Gasteiger partial charge in [0.15, 0.2) is 0 Å². The van der Waals surface area contributed by atoms with Crippen molar-refractivity contribution >= 4 is 23.1 Å². The average molecular weight is 456 g/mol. The Labute approximate surface area is 182 Å². The number of nitro groups is 2. The van der Waals surface area contributed by atoms with Crippen molar-refractivity contribution < 1.29 is 14.6 Å². The van der Waals surface area contributed by atoms with Gasteiger partial charge < -0.3 is 4.74 Å². The van der Waals surface area contributed by atoms with Crippen LogP contribution in [0.2, 0.25) is 0 Å². The zero-order valence-corrected chi connectivity index (χ0v) is 17.0. The van der Waals surface area contributed by atoms with Crippen LogP contribution in [0, 0.1) is 20.2 Å². The summed E-state index contributed by atoms with van der Waals surface area (Å²) >= 11 is 1.21. The molecule has 2 heterocycles. The molecule has 0 aliphatic heterocycles. The predicted octanol–water partition coefficient (Wildman–Crippen LogP) is 1.89. The molecule has 0 spiro atoms. The van der Waals surface area contributed by atoms with Crippen LogP contribution in [0.1, 0.15) is 0 Å². The molecule has 0 radical (unpaired) electrons. The molecule has 0 atom stereocenters. The van der Waals surface area contributed by atoms with Crippen molar-refractivity contribution in [3.8, 4) is 22.8 Å². The second-order valence-corrected chi connectivity index (χ2v) is 7.00. The molecule has 0 N–H and O–H groups in total. The maximum atomic E-state index is 11.1. The summed E-state index contributed by atoms with van der Waals surface area (Å²) in [4.78, 5) is 21.9. The summed E-state index contributed by atoms with van der Waals surface area (Å²) in [6.07, 6.45) is 0. The number of aromatic nitrogens is 8. The number of nitro benzene ring substituents is 2. The fourth-order valence-electron chi connectivity index (χ4n) is 2.64. The third kappa shape index (κ3) is 4.33. The Balaban J connectivity index is 1.54. The van der Waals surface area contributed by atoms with Crippen molar-refractivity contribution in [3.63, 3.8) is 0 Å². The Morgan fingerprint density at radius 2 is 1.78 bits per heavy atom. The fraction of sp³-hybridized carbons (Fsp3) is 0.125. The molecule has 0 bridgehead atoms. The quantitative estimate of drug-likeness (QED) is 0.213. The SMILES string of the molecule is COc1cccc(-n2nnnc2SCn2nnc(-c3cc([N+](=O)[O-])cc([N+](=O)[O-])c3)n2)c1. The van der Waals surface area contributed by atoms with Gasteiger partial charge in [-0.15, -0.1) is 15.3 Å². The first kappa shape index (κ1) is 20.8. The van der Waals surface area contributed by atoms with E-state index in [-0.39, 0.29) is 17.3 Å². The van der Waals surface area contributed by atoms with E-state index in [9.17, 15) is 20.2 Å². The number of ether oxygens (including phenoxy) is 1. The summed E-state index contributed by atoms with van der Waals surface area (Å²) in [5.41, 5.74) is -0.105. The number of rotatable bonds is 8. The average Bonchev–Trinajstić information content (AvgIpc) is 3.47. The number of benzene rings is 2. The van der Waals surface area contributed by atoms with Gasteiger partial charge in [-0.05, 0) is 27.8 Å². The molecular formula is C16H12N10O5S. The van der Waals surface area contributed by atoms with Crippen LogP contribution in [-0.2, 0) is 5.88 Å². The summed E-state index contributed by atoms with van der Waals surface area (Å²) in [6, 6.07) is 10.3. The third-order valence-electron chi connectivity index (χ3n) is 4.08.